The topological polar surface area (TPSA) is 82.2 Å². The van der Waals surface area contributed by atoms with Gasteiger partial charge in [0.05, 0.1) is 4.90 Å². The van der Waals surface area contributed by atoms with E-state index in [0.717, 1.165) is 31.3 Å². The van der Waals surface area contributed by atoms with Gasteiger partial charge in [-0.25, -0.2) is 17.8 Å². The zero-order chi connectivity index (χ0) is 21.6. The van der Waals surface area contributed by atoms with Gasteiger partial charge in [-0.3, -0.25) is 10.00 Å². The number of H-pyrrole nitrogens is 1. The SMILES string of the molecule is Cc1nc(C2CN(Cc3ccccc3)CC23CN(S(=O)(=O)c2ccc(F)cc2)C3)n[nH]1. The predicted molar refractivity (Wildman–Crippen MR) is 113 cm³/mol. The molecule has 9 heteroatoms. The number of aryl methyl sites for hydroxylation is 1. The first-order valence-electron chi connectivity index (χ1n) is 10.3. The molecular weight excluding hydrogens is 417 g/mol. The van der Waals surface area contributed by atoms with Gasteiger partial charge in [0.1, 0.15) is 11.6 Å². The van der Waals surface area contributed by atoms with E-state index in [4.69, 9.17) is 0 Å². The Hall–Kier alpha value is -2.62. The Balaban J connectivity index is 1.39. The van der Waals surface area contributed by atoms with Crippen molar-refractivity contribution in [3.8, 4) is 0 Å². The zero-order valence-corrected chi connectivity index (χ0v) is 18.0. The Kier molecular flexibility index (Phi) is 4.91. The molecule has 31 heavy (non-hydrogen) atoms. The number of aromatic amines is 1. The normalized spacial score (nSPS) is 21.4. The number of aromatic nitrogens is 3. The summed E-state index contributed by atoms with van der Waals surface area (Å²) in [6.07, 6.45) is 0. The van der Waals surface area contributed by atoms with E-state index in [9.17, 15) is 12.8 Å². The van der Waals surface area contributed by atoms with Crippen molar-refractivity contribution in [1.82, 2.24) is 24.4 Å². The zero-order valence-electron chi connectivity index (χ0n) is 17.2. The van der Waals surface area contributed by atoms with E-state index in [1.165, 1.54) is 34.1 Å². The lowest BCUT2D eigenvalue weighted by atomic mass is 9.72. The van der Waals surface area contributed by atoms with Crippen LogP contribution in [-0.4, -0.2) is 59.0 Å². The van der Waals surface area contributed by atoms with Crippen molar-refractivity contribution in [3.05, 3.63) is 77.6 Å². The van der Waals surface area contributed by atoms with Gasteiger partial charge in [0.2, 0.25) is 10.0 Å². The monoisotopic (exact) mass is 441 g/mol. The van der Waals surface area contributed by atoms with E-state index in [-0.39, 0.29) is 16.2 Å². The Morgan fingerprint density at radius 2 is 1.81 bits per heavy atom. The van der Waals surface area contributed by atoms with Crippen LogP contribution in [0, 0.1) is 18.2 Å². The molecule has 162 valence electrons. The van der Waals surface area contributed by atoms with E-state index in [2.05, 4.69) is 32.2 Å². The first-order chi connectivity index (χ1) is 14.9. The first kappa shape index (κ1) is 20.3. The van der Waals surface area contributed by atoms with Gasteiger partial charge in [0, 0.05) is 44.1 Å². The van der Waals surface area contributed by atoms with E-state index in [1.54, 1.807) is 0 Å². The van der Waals surface area contributed by atoms with Crippen LogP contribution in [0.4, 0.5) is 4.39 Å². The molecule has 2 saturated heterocycles. The van der Waals surface area contributed by atoms with Gasteiger partial charge < -0.3 is 0 Å². The molecule has 0 radical (unpaired) electrons. The molecule has 2 aromatic carbocycles. The number of likely N-dealkylation sites (tertiary alicyclic amines) is 1. The summed E-state index contributed by atoms with van der Waals surface area (Å²) in [5, 5.41) is 7.32. The van der Waals surface area contributed by atoms with Crippen molar-refractivity contribution in [1.29, 1.82) is 0 Å². The van der Waals surface area contributed by atoms with E-state index < -0.39 is 15.8 Å². The van der Waals surface area contributed by atoms with Crippen LogP contribution >= 0.6 is 0 Å². The first-order valence-corrected chi connectivity index (χ1v) is 11.7. The number of sulfonamides is 1. The largest absolute Gasteiger partial charge is 0.298 e. The van der Waals surface area contributed by atoms with E-state index in [1.807, 2.05) is 25.1 Å². The van der Waals surface area contributed by atoms with Gasteiger partial charge in [0.25, 0.3) is 0 Å². The number of nitrogens with one attached hydrogen (secondary N) is 1. The van der Waals surface area contributed by atoms with Gasteiger partial charge >= 0.3 is 0 Å². The third-order valence-electron chi connectivity index (χ3n) is 6.33. The second kappa shape index (κ2) is 7.51. The summed E-state index contributed by atoms with van der Waals surface area (Å²) < 4.78 is 40.8. The average molecular weight is 442 g/mol. The van der Waals surface area contributed by atoms with Gasteiger partial charge in [-0.05, 0) is 36.8 Å². The summed E-state index contributed by atoms with van der Waals surface area (Å²) in [6.45, 7) is 5.01. The molecule has 2 fully saturated rings. The maximum absolute atomic E-state index is 13.2. The van der Waals surface area contributed by atoms with Crippen molar-refractivity contribution in [2.45, 2.75) is 24.3 Å². The van der Waals surface area contributed by atoms with E-state index in [0.29, 0.717) is 13.1 Å². The number of hydrogen-bond donors (Lipinski definition) is 1. The molecule has 1 unspecified atom stereocenters. The molecule has 1 aromatic heterocycles. The van der Waals surface area contributed by atoms with Crippen LogP contribution in [0.2, 0.25) is 0 Å². The van der Waals surface area contributed by atoms with Crippen molar-refractivity contribution in [2.24, 2.45) is 5.41 Å². The lowest BCUT2D eigenvalue weighted by molar-refractivity contribution is 0.0607. The van der Waals surface area contributed by atoms with Gasteiger partial charge in [-0.2, -0.15) is 9.40 Å². The van der Waals surface area contributed by atoms with Crippen LogP contribution in [0.25, 0.3) is 0 Å². The third kappa shape index (κ3) is 3.66. The highest BCUT2D eigenvalue weighted by molar-refractivity contribution is 7.89. The quantitative estimate of drug-likeness (QED) is 0.658. The van der Waals surface area contributed by atoms with Crippen LogP contribution < -0.4 is 0 Å². The third-order valence-corrected chi connectivity index (χ3v) is 8.13. The van der Waals surface area contributed by atoms with Crippen LogP contribution in [0.5, 0.6) is 0 Å². The maximum Gasteiger partial charge on any atom is 0.243 e. The molecule has 0 bridgehead atoms. The number of halogens is 1. The van der Waals surface area contributed by atoms with Crippen LogP contribution in [-0.2, 0) is 16.6 Å². The highest BCUT2D eigenvalue weighted by Crippen LogP contribution is 2.50. The minimum absolute atomic E-state index is 0.0424. The van der Waals surface area contributed by atoms with Crippen molar-refractivity contribution in [3.63, 3.8) is 0 Å². The number of rotatable bonds is 5. The molecule has 3 aromatic rings. The summed E-state index contributed by atoms with van der Waals surface area (Å²) in [7, 11) is -3.66. The Bertz CT molecular complexity index is 1170. The minimum Gasteiger partial charge on any atom is -0.298 e. The lowest BCUT2D eigenvalue weighted by Gasteiger charge is -2.49. The van der Waals surface area contributed by atoms with Crippen LogP contribution in [0.3, 0.4) is 0 Å². The molecule has 1 spiro atoms. The fourth-order valence-electron chi connectivity index (χ4n) is 4.81. The van der Waals surface area contributed by atoms with E-state index >= 15 is 0 Å². The molecule has 1 N–H and O–H groups in total. The second-order valence-electron chi connectivity index (χ2n) is 8.58. The van der Waals surface area contributed by atoms with Crippen LogP contribution in [0.1, 0.15) is 23.1 Å². The highest BCUT2D eigenvalue weighted by Gasteiger charge is 2.58. The second-order valence-corrected chi connectivity index (χ2v) is 10.5. The molecular formula is C22H24FN5O2S. The number of nitrogens with zero attached hydrogens (tertiary/aromatic N) is 4. The molecule has 3 heterocycles. The van der Waals surface area contributed by atoms with Crippen LogP contribution in [0.15, 0.2) is 59.5 Å². The summed E-state index contributed by atoms with van der Waals surface area (Å²) in [5.41, 5.74) is 0.982. The Labute approximate surface area is 181 Å². The number of hydrogen-bond acceptors (Lipinski definition) is 5. The molecule has 0 saturated carbocycles. The lowest BCUT2D eigenvalue weighted by Crippen LogP contribution is -2.61. The number of benzene rings is 2. The highest BCUT2D eigenvalue weighted by atomic mass is 32.2. The molecule has 0 aliphatic carbocycles. The molecule has 2 aliphatic rings. The van der Waals surface area contributed by atoms with Gasteiger partial charge in [0.15, 0.2) is 5.82 Å². The van der Waals surface area contributed by atoms with Crippen molar-refractivity contribution in [2.75, 3.05) is 26.2 Å². The molecule has 5 rings (SSSR count). The summed E-state index contributed by atoms with van der Waals surface area (Å²) in [5.74, 6) is 1.08. The van der Waals surface area contributed by atoms with Crippen molar-refractivity contribution < 1.29 is 12.8 Å². The Morgan fingerprint density at radius 1 is 1.10 bits per heavy atom. The fourth-order valence-corrected chi connectivity index (χ4v) is 6.44. The maximum atomic E-state index is 13.2. The summed E-state index contributed by atoms with van der Waals surface area (Å²) in [6, 6.07) is 15.3. The standard InChI is InChI=1S/C22H24FN5O2S/c1-16-24-21(26-25-16)20-12-27(11-17-5-3-2-4-6-17)13-22(20)14-28(15-22)31(29,30)19-9-7-18(23)8-10-19/h2-10,20H,11-15H2,1H3,(H,24,25,26). The summed E-state index contributed by atoms with van der Waals surface area (Å²) in [4.78, 5) is 7.04. The molecule has 1 atom stereocenters. The fraction of sp³-hybridized carbons (Fsp3) is 0.364. The minimum atomic E-state index is -3.66. The molecule has 0 amide bonds. The predicted octanol–water partition coefficient (Wildman–Crippen LogP) is 2.54. The summed E-state index contributed by atoms with van der Waals surface area (Å²) >= 11 is 0. The Morgan fingerprint density at radius 3 is 2.45 bits per heavy atom. The smallest absolute Gasteiger partial charge is 0.243 e. The molecule has 2 aliphatic heterocycles. The van der Waals surface area contributed by atoms with Crippen molar-refractivity contribution >= 4 is 10.0 Å². The molecule has 7 nitrogen and oxygen atoms in total. The van der Waals surface area contributed by atoms with Gasteiger partial charge in [-0.15, -0.1) is 0 Å². The van der Waals surface area contributed by atoms with Gasteiger partial charge in [-0.1, -0.05) is 30.3 Å². The average Bonchev–Trinajstić information content (AvgIpc) is 3.31.